The number of nitrogens with one attached hydrogen (secondary N) is 1. The molecule has 0 saturated heterocycles. The molecule has 1 N–H and O–H groups in total. The molecular weight excluding hydrogens is 220 g/mol. The first-order valence-electron chi connectivity index (χ1n) is 6.37. The number of benzene rings is 1. The Morgan fingerprint density at radius 3 is 2.76 bits per heavy atom. The fourth-order valence-corrected chi connectivity index (χ4v) is 2.47. The Morgan fingerprint density at radius 2 is 1.94 bits per heavy atom. The van der Waals surface area contributed by atoms with Gasteiger partial charge in [-0.05, 0) is 37.3 Å². The lowest BCUT2D eigenvalue weighted by atomic mass is 10.0. The van der Waals surface area contributed by atoms with Crippen LogP contribution in [0.2, 0.25) is 0 Å². The number of halogens is 2. The highest BCUT2D eigenvalue weighted by Crippen LogP contribution is 2.26. The first-order valence-corrected chi connectivity index (χ1v) is 6.37. The molecule has 0 aromatic heterocycles. The van der Waals surface area contributed by atoms with Crippen LogP contribution in [0.5, 0.6) is 0 Å². The van der Waals surface area contributed by atoms with E-state index >= 15 is 0 Å². The second-order valence-electron chi connectivity index (χ2n) is 5.06. The lowest BCUT2D eigenvalue weighted by Gasteiger charge is -2.18. The highest BCUT2D eigenvalue weighted by molar-refractivity contribution is 5.45. The number of anilines is 1. The molecular formula is C14H19F2N. The van der Waals surface area contributed by atoms with Crippen LogP contribution < -0.4 is 5.32 Å². The standard InChI is InChI=1S/C14H19F2N/c1-10-4-2-5-11(9-8-10)17-13-7-3-6-12(15)14(13)16/h3,6-7,10-11,17H,2,4-5,8-9H2,1H3. The molecule has 1 aliphatic rings. The van der Waals surface area contributed by atoms with E-state index in [2.05, 4.69) is 12.2 Å². The number of hydrogen-bond donors (Lipinski definition) is 1. The number of hydrogen-bond acceptors (Lipinski definition) is 1. The molecule has 0 spiro atoms. The minimum absolute atomic E-state index is 0.274. The number of rotatable bonds is 2. The maximum atomic E-state index is 13.5. The summed E-state index contributed by atoms with van der Waals surface area (Å²) in [6, 6.07) is 4.57. The summed E-state index contributed by atoms with van der Waals surface area (Å²) in [4.78, 5) is 0. The van der Waals surface area contributed by atoms with Crippen LogP contribution in [0.15, 0.2) is 18.2 Å². The van der Waals surface area contributed by atoms with Gasteiger partial charge in [-0.1, -0.05) is 25.8 Å². The quantitative estimate of drug-likeness (QED) is 0.757. The van der Waals surface area contributed by atoms with Crippen LogP contribution in [-0.2, 0) is 0 Å². The Hall–Kier alpha value is -1.12. The molecule has 2 unspecified atom stereocenters. The van der Waals surface area contributed by atoms with Gasteiger partial charge in [0.15, 0.2) is 11.6 Å². The van der Waals surface area contributed by atoms with Gasteiger partial charge in [-0.2, -0.15) is 0 Å². The van der Waals surface area contributed by atoms with Crippen LogP contribution in [-0.4, -0.2) is 6.04 Å². The van der Waals surface area contributed by atoms with Crippen LogP contribution in [0.1, 0.15) is 39.0 Å². The van der Waals surface area contributed by atoms with Gasteiger partial charge in [0.25, 0.3) is 0 Å². The molecule has 1 aliphatic carbocycles. The van der Waals surface area contributed by atoms with Gasteiger partial charge >= 0.3 is 0 Å². The molecule has 17 heavy (non-hydrogen) atoms. The Bertz CT molecular complexity index is 378. The smallest absolute Gasteiger partial charge is 0.181 e. The molecule has 0 amide bonds. The summed E-state index contributed by atoms with van der Waals surface area (Å²) in [5.74, 6) is -0.791. The summed E-state index contributed by atoms with van der Waals surface area (Å²) in [5, 5.41) is 3.14. The van der Waals surface area contributed by atoms with Gasteiger partial charge in [-0.3, -0.25) is 0 Å². The fraction of sp³-hybridized carbons (Fsp3) is 0.571. The molecule has 1 fully saturated rings. The second kappa shape index (κ2) is 5.48. The monoisotopic (exact) mass is 239 g/mol. The molecule has 0 heterocycles. The molecule has 1 aromatic rings. The van der Waals surface area contributed by atoms with Crippen molar-refractivity contribution in [1.82, 2.24) is 0 Å². The summed E-state index contributed by atoms with van der Waals surface area (Å²) < 4.78 is 26.6. The highest BCUT2D eigenvalue weighted by atomic mass is 19.2. The van der Waals surface area contributed by atoms with Crippen molar-refractivity contribution in [3.8, 4) is 0 Å². The maximum absolute atomic E-state index is 13.5. The summed E-state index contributed by atoms with van der Waals surface area (Å²) in [6.45, 7) is 2.26. The Balaban J connectivity index is 2.02. The predicted octanol–water partition coefficient (Wildman–Crippen LogP) is 4.35. The summed E-state index contributed by atoms with van der Waals surface area (Å²) >= 11 is 0. The third kappa shape index (κ3) is 3.18. The van der Waals surface area contributed by atoms with Crippen molar-refractivity contribution in [2.45, 2.75) is 45.1 Å². The van der Waals surface area contributed by atoms with Gasteiger partial charge < -0.3 is 5.32 Å². The zero-order valence-electron chi connectivity index (χ0n) is 10.2. The van der Waals surface area contributed by atoms with Crippen molar-refractivity contribution in [3.05, 3.63) is 29.8 Å². The molecule has 0 radical (unpaired) electrons. The topological polar surface area (TPSA) is 12.0 Å². The van der Waals surface area contributed by atoms with E-state index in [0.29, 0.717) is 5.69 Å². The fourth-order valence-electron chi connectivity index (χ4n) is 2.47. The van der Waals surface area contributed by atoms with E-state index in [1.54, 1.807) is 12.1 Å². The van der Waals surface area contributed by atoms with Gasteiger partial charge in [-0.25, -0.2) is 8.78 Å². The van der Waals surface area contributed by atoms with Gasteiger partial charge in [0.05, 0.1) is 5.69 Å². The SMILES string of the molecule is CC1CCCC(Nc2cccc(F)c2F)CC1. The minimum Gasteiger partial charge on any atom is -0.380 e. The van der Waals surface area contributed by atoms with E-state index in [1.807, 2.05) is 0 Å². The van der Waals surface area contributed by atoms with Crippen LogP contribution in [0.25, 0.3) is 0 Å². The molecule has 2 rings (SSSR count). The second-order valence-corrected chi connectivity index (χ2v) is 5.06. The van der Waals surface area contributed by atoms with Gasteiger partial charge in [0.1, 0.15) is 0 Å². The van der Waals surface area contributed by atoms with E-state index in [4.69, 9.17) is 0 Å². The third-order valence-electron chi connectivity index (χ3n) is 3.57. The van der Waals surface area contributed by atoms with E-state index in [1.165, 1.54) is 6.42 Å². The molecule has 2 atom stereocenters. The highest BCUT2D eigenvalue weighted by Gasteiger charge is 2.17. The minimum atomic E-state index is -0.781. The van der Waals surface area contributed by atoms with E-state index in [9.17, 15) is 8.78 Å². The average molecular weight is 239 g/mol. The van der Waals surface area contributed by atoms with Gasteiger partial charge in [0.2, 0.25) is 0 Å². The predicted molar refractivity (Wildman–Crippen MR) is 66.0 cm³/mol. The summed E-state index contributed by atoms with van der Waals surface area (Å²) in [7, 11) is 0. The molecule has 3 heteroatoms. The normalized spacial score (nSPS) is 25.4. The molecule has 1 saturated carbocycles. The van der Waals surface area contributed by atoms with E-state index < -0.39 is 11.6 Å². The van der Waals surface area contributed by atoms with Gasteiger partial charge in [-0.15, -0.1) is 0 Å². The zero-order valence-corrected chi connectivity index (χ0v) is 10.2. The zero-order chi connectivity index (χ0) is 12.3. The van der Waals surface area contributed by atoms with E-state index in [-0.39, 0.29) is 6.04 Å². The van der Waals surface area contributed by atoms with Crippen molar-refractivity contribution in [2.24, 2.45) is 5.92 Å². The van der Waals surface area contributed by atoms with Crippen LogP contribution in [0, 0.1) is 17.6 Å². The lowest BCUT2D eigenvalue weighted by molar-refractivity contribution is 0.498. The molecule has 1 aromatic carbocycles. The largest absolute Gasteiger partial charge is 0.380 e. The average Bonchev–Trinajstić information content (AvgIpc) is 2.50. The van der Waals surface area contributed by atoms with Crippen molar-refractivity contribution < 1.29 is 8.78 Å². The first kappa shape index (κ1) is 12.3. The lowest BCUT2D eigenvalue weighted by Crippen LogP contribution is -2.19. The maximum Gasteiger partial charge on any atom is 0.181 e. The van der Waals surface area contributed by atoms with E-state index in [0.717, 1.165) is 37.7 Å². The van der Waals surface area contributed by atoms with Gasteiger partial charge in [0, 0.05) is 6.04 Å². The first-order chi connectivity index (χ1) is 8.16. The summed E-state index contributed by atoms with van der Waals surface area (Å²) in [5.41, 5.74) is 0.296. The van der Waals surface area contributed by atoms with Crippen molar-refractivity contribution >= 4 is 5.69 Å². The van der Waals surface area contributed by atoms with Crippen molar-refractivity contribution in [1.29, 1.82) is 0 Å². The van der Waals surface area contributed by atoms with Crippen LogP contribution in [0.3, 0.4) is 0 Å². The molecule has 94 valence electrons. The van der Waals surface area contributed by atoms with Crippen molar-refractivity contribution in [3.63, 3.8) is 0 Å². The third-order valence-corrected chi connectivity index (χ3v) is 3.57. The molecule has 0 aliphatic heterocycles. The Kier molecular flexibility index (Phi) is 3.97. The Labute approximate surface area is 101 Å². The molecule has 0 bridgehead atoms. The molecule has 1 nitrogen and oxygen atoms in total. The Morgan fingerprint density at radius 1 is 1.12 bits per heavy atom. The van der Waals surface area contributed by atoms with Crippen molar-refractivity contribution in [2.75, 3.05) is 5.32 Å². The van der Waals surface area contributed by atoms with Crippen LogP contribution >= 0.6 is 0 Å². The summed E-state index contributed by atoms with van der Waals surface area (Å²) in [6.07, 6.45) is 5.64. The van der Waals surface area contributed by atoms with Crippen LogP contribution in [0.4, 0.5) is 14.5 Å².